The van der Waals surface area contributed by atoms with E-state index in [-0.39, 0.29) is 26.6 Å². The first-order chi connectivity index (χ1) is 17.5. The Morgan fingerprint density at radius 1 is 0.946 bits per heavy atom. The van der Waals surface area contributed by atoms with Gasteiger partial charge in [-0.1, -0.05) is 59.9 Å². The normalized spacial score (nSPS) is 11.1. The second-order valence-electron chi connectivity index (χ2n) is 7.95. The van der Waals surface area contributed by atoms with Crippen LogP contribution in [-0.4, -0.2) is 31.1 Å². The first kappa shape index (κ1) is 25.7. The second-order valence-corrected chi connectivity index (χ2v) is 10.5. The van der Waals surface area contributed by atoms with Gasteiger partial charge in [0.05, 0.1) is 10.6 Å². The smallest absolute Gasteiger partial charge is 0.268 e. The molecule has 12 heteroatoms. The molecule has 0 saturated heterocycles. The van der Waals surface area contributed by atoms with Crippen LogP contribution in [0, 0.1) is 5.41 Å². The molecular weight excluding hydrogens is 512 g/mol. The third-order valence-electron chi connectivity index (χ3n) is 5.21. The molecule has 4 rings (SSSR count). The molecule has 1 aromatic heterocycles. The van der Waals surface area contributed by atoms with Crippen molar-refractivity contribution in [1.29, 1.82) is 5.41 Å². The van der Waals surface area contributed by atoms with Crippen molar-refractivity contribution in [2.75, 3.05) is 10.6 Å². The number of hydrogen-bond donors (Lipinski definition) is 5. The van der Waals surface area contributed by atoms with Gasteiger partial charge in [-0.3, -0.25) is 15.0 Å². The van der Waals surface area contributed by atoms with Crippen molar-refractivity contribution in [1.82, 2.24) is 4.98 Å². The maximum absolute atomic E-state index is 13.3. The molecule has 37 heavy (non-hydrogen) atoms. The molecule has 0 aliphatic carbocycles. The number of anilines is 2. The minimum absolute atomic E-state index is 0.000575. The highest BCUT2D eigenvalue weighted by atomic mass is 32.2. The van der Waals surface area contributed by atoms with Crippen LogP contribution in [0.15, 0.2) is 77.7 Å². The molecule has 0 atom stereocenters. The summed E-state index contributed by atoms with van der Waals surface area (Å²) in [6.07, 6.45) is 0. The molecule has 0 aliphatic rings. The van der Waals surface area contributed by atoms with Crippen LogP contribution < -0.4 is 21.5 Å². The first-order valence-electron chi connectivity index (χ1n) is 10.8. The maximum Gasteiger partial charge on any atom is 0.268 e. The monoisotopic (exact) mass is 534 g/mol. The predicted octanol–water partition coefficient (Wildman–Crippen LogP) is 3.62. The van der Waals surface area contributed by atoms with E-state index < -0.39 is 15.9 Å². The first-order valence-corrected chi connectivity index (χ1v) is 13.2. The van der Waals surface area contributed by atoms with E-state index in [0.29, 0.717) is 33.6 Å². The predicted molar refractivity (Wildman–Crippen MR) is 144 cm³/mol. The number of carbonyl (C=O) groups excluding carboxylic acids is 2. The summed E-state index contributed by atoms with van der Waals surface area (Å²) >= 11 is 1.01. The lowest BCUT2D eigenvalue weighted by molar-refractivity contribution is -0.114. The molecular formula is C25H22N6O4S2. The Morgan fingerprint density at radius 2 is 1.65 bits per heavy atom. The van der Waals surface area contributed by atoms with E-state index in [1.807, 2.05) is 0 Å². The van der Waals surface area contributed by atoms with Gasteiger partial charge in [0.1, 0.15) is 10.7 Å². The van der Waals surface area contributed by atoms with Crippen LogP contribution in [0.25, 0.3) is 22.4 Å². The van der Waals surface area contributed by atoms with Crippen LogP contribution in [-0.2, 0) is 14.8 Å². The summed E-state index contributed by atoms with van der Waals surface area (Å²) in [5, 5.41) is 18.7. The van der Waals surface area contributed by atoms with Crippen LogP contribution in [0.5, 0.6) is 0 Å². The van der Waals surface area contributed by atoms with E-state index in [1.54, 1.807) is 66.7 Å². The molecule has 188 valence electrons. The van der Waals surface area contributed by atoms with Gasteiger partial charge in [0, 0.05) is 29.3 Å². The molecule has 7 N–H and O–H groups in total. The van der Waals surface area contributed by atoms with Gasteiger partial charge in [-0.15, -0.1) is 0 Å². The molecule has 2 amide bonds. The molecule has 4 aromatic rings. The third kappa shape index (κ3) is 5.89. The van der Waals surface area contributed by atoms with E-state index >= 15 is 0 Å². The van der Waals surface area contributed by atoms with Gasteiger partial charge in [-0.2, -0.15) is 0 Å². The number of sulfonamides is 1. The number of carbonyl (C=O) groups is 2. The minimum Gasteiger partial charge on any atom is -0.384 e. The fraction of sp³-hybridized carbons (Fsp3) is 0.0400. The summed E-state index contributed by atoms with van der Waals surface area (Å²) in [6, 6.07) is 19.7. The van der Waals surface area contributed by atoms with Crippen LogP contribution >= 0.6 is 11.3 Å². The Kier molecular flexibility index (Phi) is 7.16. The second kappa shape index (κ2) is 10.3. The van der Waals surface area contributed by atoms with Crippen LogP contribution in [0.4, 0.5) is 10.8 Å². The molecule has 0 unspecified atom stereocenters. The van der Waals surface area contributed by atoms with E-state index in [4.69, 9.17) is 16.3 Å². The molecule has 0 bridgehead atoms. The molecule has 0 saturated carbocycles. The lowest BCUT2D eigenvalue weighted by atomic mass is 10.1. The number of amides is 2. The van der Waals surface area contributed by atoms with E-state index in [2.05, 4.69) is 15.6 Å². The molecule has 1 heterocycles. The number of primary sulfonamides is 1. The Labute approximate surface area is 216 Å². The Bertz CT molecular complexity index is 1630. The van der Waals surface area contributed by atoms with Crippen LogP contribution in [0.2, 0.25) is 0 Å². The number of amidine groups is 1. The number of nitrogens with zero attached hydrogens (tertiary/aromatic N) is 1. The number of nitrogens with one attached hydrogen (secondary N) is 3. The van der Waals surface area contributed by atoms with Crippen LogP contribution in [0.3, 0.4) is 0 Å². The number of thiazole rings is 1. The highest BCUT2D eigenvalue weighted by Gasteiger charge is 2.21. The minimum atomic E-state index is -3.92. The highest BCUT2D eigenvalue weighted by Crippen LogP contribution is 2.33. The number of benzene rings is 3. The van der Waals surface area contributed by atoms with Crippen LogP contribution in [0.1, 0.15) is 22.2 Å². The summed E-state index contributed by atoms with van der Waals surface area (Å²) in [4.78, 5) is 29.5. The number of rotatable bonds is 7. The zero-order chi connectivity index (χ0) is 26.7. The highest BCUT2D eigenvalue weighted by molar-refractivity contribution is 7.89. The number of nitrogens with two attached hydrogens (primary N) is 2. The number of hydrogen-bond acceptors (Lipinski definition) is 7. The summed E-state index contributed by atoms with van der Waals surface area (Å²) in [5.74, 6) is -0.926. The number of nitrogen functional groups attached to an aromatic ring is 1. The van der Waals surface area contributed by atoms with E-state index in [0.717, 1.165) is 11.3 Å². The molecule has 0 aliphatic heterocycles. The topological polar surface area (TPSA) is 181 Å². The molecule has 0 fully saturated rings. The van der Waals surface area contributed by atoms with Crippen molar-refractivity contribution in [3.8, 4) is 22.4 Å². The lowest BCUT2D eigenvalue weighted by Gasteiger charge is -2.10. The van der Waals surface area contributed by atoms with Gasteiger partial charge in [0.25, 0.3) is 5.91 Å². The molecule has 3 aromatic carbocycles. The van der Waals surface area contributed by atoms with Gasteiger partial charge in [0.15, 0.2) is 5.13 Å². The third-order valence-corrected chi connectivity index (χ3v) is 7.15. The van der Waals surface area contributed by atoms with Gasteiger partial charge in [-0.25, -0.2) is 18.5 Å². The van der Waals surface area contributed by atoms with Gasteiger partial charge in [0.2, 0.25) is 15.9 Å². The van der Waals surface area contributed by atoms with E-state index in [9.17, 15) is 18.0 Å². The molecule has 0 radical (unpaired) electrons. The lowest BCUT2D eigenvalue weighted by Crippen LogP contribution is -2.13. The van der Waals surface area contributed by atoms with Gasteiger partial charge < -0.3 is 16.4 Å². The average molecular weight is 535 g/mol. The molecule has 10 nitrogen and oxygen atoms in total. The summed E-state index contributed by atoms with van der Waals surface area (Å²) < 4.78 is 23.9. The van der Waals surface area contributed by atoms with Gasteiger partial charge >= 0.3 is 0 Å². The van der Waals surface area contributed by atoms with Crippen molar-refractivity contribution in [3.05, 3.63) is 83.2 Å². The standard InChI is InChI=1S/C25H22N6O4S2/c1-14(32)29-25-31-21(16-5-4-6-17(13-16)23(26)27)22(36-25)24(33)30-18-11-9-15(10-12-18)19-7-2-3-8-20(19)37(28,34)35/h2-13H,1H3,(H3,26,27)(H,30,33)(H2,28,34,35)(H,29,31,32). The largest absolute Gasteiger partial charge is 0.384 e. The Morgan fingerprint density at radius 3 is 2.30 bits per heavy atom. The maximum atomic E-state index is 13.3. The Balaban J connectivity index is 1.65. The van der Waals surface area contributed by atoms with Crippen molar-refractivity contribution in [3.63, 3.8) is 0 Å². The molecule has 0 spiro atoms. The number of aromatic nitrogens is 1. The zero-order valence-corrected chi connectivity index (χ0v) is 21.1. The summed E-state index contributed by atoms with van der Waals surface area (Å²) in [6.45, 7) is 1.34. The Hall–Kier alpha value is -4.39. The van der Waals surface area contributed by atoms with Gasteiger partial charge in [-0.05, 0) is 29.8 Å². The van der Waals surface area contributed by atoms with Crippen molar-refractivity contribution < 1.29 is 18.0 Å². The quantitative estimate of drug-likeness (QED) is 0.178. The summed E-state index contributed by atoms with van der Waals surface area (Å²) in [5.41, 5.74) is 8.46. The van der Waals surface area contributed by atoms with E-state index in [1.165, 1.54) is 13.0 Å². The fourth-order valence-electron chi connectivity index (χ4n) is 3.58. The fourth-order valence-corrected chi connectivity index (χ4v) is 5.27. The van der Waals surface area contributed by atoms with Crippen molar-refractivity contribution in [2.45, 2.75) is 11.8 Å². The summed E-state index contributed by atoms with van der Waals surface area (Å²) in [7, 11) is -3.92. The SMILES string of the molecule is CC(=O)Nc1nc(-c2cccc(C(=N)N)c2)c(C(=O)Nc2ccc(-c3ccccc3S(N)(=O)=O)cc2)s1. The van der Waals surface area contributed by atoms with Crippen molar-refractivity contribution >= 4 is 49.8 Å². The zero-order valence-electron chi connectivity index (χ0n) is 19.5. The van der Waals surface area contributed by atoms with Crippen molar-refractivity contribution in [2.24, 2.45) is 10.9 Å². The average Bonchev–Trinajstić information content (AvgIpc) is 3.27.